The number of pyridine rings is 1. The fourth-order valence-corrected chi connectivity index (χ4v) is 5.09. The van der Waals surface area contributed by atoms with E-state index in [1.807, 2.05) is 10.6 Å². The monoisotopic (exact) mass is 341 g/mol. The minimum Gasteiger partial charge on any atom is -0.355 e. The van der Waals surface area contributed by atoms with Crippen molar-refractivity contribution in [1.82, 2.24) is 9.47 Å². The second-order valence-electron chi connectivity index (χ2n) is 7.72. The summed E-state index contributed by atoms with van der Waals surface area (Å²) in [6.45, 7) is 2.73. The van der Waals surface area contributed by atoms with Crippen LogP contribution in [0, 0.1) is 5.92 Å². The lowest BCUT2D eigenvalue weighted by molar-refractivity contribution is 0.179. The minimum atomic E-state index is 0.140. The maximum atomic E-state index is 12.2. The summed E-state index contributed by atoms with van der Waals surface area (Å²) in [4.78, 5) is 19.7. The van der Waals surface area contributed by atoms with Crippen LogP contribution in [0.1, 0.15) is 23.6 Å². The average Bonchev–Trinajstić information content (AvgIpc) is 3.04. The lowest BCUT2D eigenvalue weighted by atomic mass is 9.83. The molecule has 0 radical (unpaired) electrons. The summed E-state index contributed by atoms with van der Waals surface area (Å²) in [6.07, 6.45) is 1.17. The lowest BCUT2D eigenvalue weighted by Crippen LogP contribution is -2.49. The Morgan fingerprint density at radius 3 is 2.69 bits per heavy atom. The van der Waals surface area contributed by atoms with Gasteiger partial charge in [0.15, 0.2) is 0 Å². The molecule has 128 valence electrons. The molecular formula is C22H19N3O. The number of aliphatic imine (C=N–C) groups is 1. The van der Waals surface area contributed by atoms with Crippen LogP contribution in [0.25, 0.3) is 10.8 Å². The van der Waals surface area contributed by atoms with Crippen molar-refractivity contribution in [2.24, 2.45) is 10.9 Å². The molecule has 1 aromatic heterocycles. The average molecular weight is 341 g/mol. The number of benzene rings is 2. The largest absolute Gasteiger partial charge is 0.355 e. The number of hydrogen-bond acceptors (Lipinski definition) is 3. The van der Waals surface area contributed by atoms with Gasteiger partial charge in [0.2, 0.25) is 0 Å². The molecule has 1 fully saturated rings. The van der Waals surface area contributed by atoms with Crippen LogP contribution in [0.4, 0.5) is 5.69 Å². The highest BCUT2D eigenvalue weighted by Crippen LogP contribution is 2.40. The number of likely N-dealkylation sites (tertiary alicyclic amines) is 1. The standard InChI is InChI=1S/C22H19N3O/c26-20-9-3-8-19-16-10-14(12-25(19)20)11-24(13-16)22-17-6-1-4-15-5-2-7-18(23-22)21(15)17/h1-9,14,16H,10-13H2/t14?,16-/m1/s1. The third-order valence-corrected chi connectivity index (χ3v) is 6.13. The van der Waals surface area contributed by atoms with E-state index in [1.165, 1.54) is 28.5 Å². The summed E-state index contributed by atoms with van der Waals surface area (Å²) in [6, 6.07) is 18.5. The highest BCUT2D eigenvalue weighted by molar-refractivity contribution is 6.18. The Balaban J connectivity index is 1.43. The van der Waals surface area contributed by atoms with Gasteiger partial charge in [-0.3, -0.25) is 4.79 Å². The van der Waals surface area contributed by atoms with Gasteiger partial charge in [0, 0.05) is 48.3 Å². The fourth-order valence-electron chi connectivity index (χ4n) is 5.09. The summed E-state index contributed by atoms with van der Waals surface area (Å²) in [5.74, 6) is 2.02. The molecule has 2 bridgehead atoms. The Labute approximate surface area is 151 Å². The number of hydrogen-bond donors (Lipinski definition) is 0. The van der Waals surface area contributed by atoms with E-state index in [1.54, 1.807) is 6.07 Å². The number of nitrogens with zero attached hydrogens (tertiary/aromatic N) is 3. The molecule has 3 aromatic rings. The van der Waals surface area contributed by atoms with Crippen molar-refractivity contribution in [1.29, 1.82) is 0 Å². The molecule has 3 aliphatic heterocycles. The maximum Gasteiger partial charge on any atom is 0.250 e. The van der Waals surface area contributed by atoms with Gasteiger partial charge in [0.1, 0.15) is 5.84 Å². The Morgan fingerprint density at radius 2 is 1.77 bits per heavy atom. The van der Waals surface area contributed by atoms with Gasteiger partial charge in [-0.15, -0.1) is 0 Å². The van der Waals surface area contributed by atoms with Crippen LogP contribution in [0.2, 0.25) is 0 Å². The molecule has 2 aromatic carbocycles. The summed E-state index contributed by atoms with van der Waals surface area (Å²) in [5, 5.41) is 2.53. The lowest BCUT2D eigenvalue weighted by Gasteiger charge is -2.43. The van der Waals surface area contributed by atoms with Crippen LogP contribution in [0.3, 0.4) is 0 Å². The Morgan fingerprint density at radius 1 is 0.923 bits per heavy atom. The fraction of sp³-hybridized carbons (Fsp3) is 0.273. The highest BCUT2D eigenvalue weighted by Gasteiger charge is 2.37. The van der Waals surface area contributed by atoms with Crippen molar-refractivity contribution in [3.05, 3.63) is 76.2 Å². The van der Waals surface area contributed by atoms with E-state index in [9.17, 15) is 4.79 Å². The van der Waals surface area contributed by atoms with Crippen LogP contribution < -0.4 is 5.56 Å². The smallest absolute Gasteiger partial charge is 0.250 e. The molecule has 0 N–H and O–H groups in total. The number of aromatic nitrogens is 1. The summed E-state index contributed by atoms with van der Waals surface area (Å²) < 4.78 is 1.99. The van der Waals surface area contributed by atoms with Crippen molar-refractivity contribution in [2.75, 3.05) is 13.1 Å². The SMILES string of the molecule is O=c1cccc2n1CC1C[C@@H]2CN(C2=Nc3cccc4cccc2c34)C1. The Kier molecular flexibility index (Phi) is 2.79. The second kappa shape index (κ2) is 5.07. The van der Waals surface area contributed by atoms with Crippen molar-refractivity contribution < 1.29 is 0 Å². The molecule has 1 unspecified atom stereocenters. The van der Waals surface area contributed by atoms with E-state index >= 15 is 0 Å². The quantitative estimate of drug-likeness (QED) is 0.627. The summed E-state index contributed by atoms with van der Waals surface area (Å²) in [7, 11) is 0. The minimum absolute atomic E-state index is 0.140. The molecule has 4 nitrogen and oxygen atoms in total. The first-order valence-electron chi connectivity index (χ1n) is 9.33. The van der Waals surface area contributed by atoms with Crippen molar-refractivity contribution in [2.45, 2.75) is 18.9 Å². The molecule has 0 amide bonds. The molecule has 4 heterocycles. The van der Waals surface area contributed by atoms with Gasteiger partial charge in [-0.2, -0.15) is 0 Å². The normalized spacial score (nSPS) is 23.1. The maximum absolute atomic E-state index is 12.2. The van der Waals surface area contributed by atoms with Crippen LogP contribution in [0.5, 0.6) is 0 Å². The van der Waals surface area contributed by atoms with Gasteiger partial charge < -0.3 is 9.47 Å². The van der Waals surface area contributed by atoms with E-state index in [0.29, 0.717) is 11.8 Å². The van der Waals surface area contributed by atoms with Gasteiger partial charge in [0.05, 0.1) is 5.69 Å². The third kappa shape index (κ3) is 1.90. The number of piperidine rings is 1. The zero-order chi connectivity index (χ0) is 17.3. The molecule has 0 saturated carbocycles. The Hall–Kier alpha value is -2.88. The van der Waals surface area contributed by atoms with Gasteiger partial charge in [-0.1, -0.05) is 36.4 Å². The Bertz CT molecular complexity index is 1140. The molecule has 0 aliphatic carbocycles. The zero-order valence-electron chi connectivity index (χ0n) is 14.4. The van der Waals surface area contributed by atoms with Gasteiger partial charge in [-0.05, 0) is 29.9 Å². The van der Waals surface area contributed by atoms with Gasteiger partial charge in [0.25, 0.3) is 5.56 Å². The van der Waals surface area contributed by atoms with Gasteiger partial charge in [-0.25, -0.2) is 4.99 Å². The summed E-state index contributed by atoms with van der Waals surface area (Å²) >= 11 is 0. The number of amidine groups is 1. The zero-order valence-corrected chi connectivity index (χ0v) is 14.4. The van der Waals surface area contributed by atoms with Gasteiger partial charge >= 0.3 is 0 Å². The molecule has 26 heavy (non-hydrogen) atoms. The number of rotatable bonds is 0. The molecule has 4 heteroatoms. The predicted molar refractivity (Wildman–Crippen MR) is 103 cm³/mol. The van der Waals surface area contributed by atoms with Crippen molar-refractivity contribution in [3.63, 3.8) is 0 Å². The first-order valence-corrected chi connectivity index (χ1v) is 9.33. The van der Waals surface area contributed by atoms with Crippen LogP contribution in [-0.2, 0) is 6.54 Å². The predicted octanol–water partition coefficient (Wildman–Crippen LogP) is 3.51. The van der Waals surface area contributed by atoms with Crippen LogP contribution in [0.15, 0.2) is 64.4 Å². The van der Waals surface area contributed by atoms with E-state index in [0.717, 1.165) is 31.2 Å². The molecule has 3 aliphatic rings. The van der Waals surface area contributed by atoms with E-state index in [-0.39, 0.29) is 5.56 Å². The molecular weight excluding hydrogens is 322 g/mol. The molecule has 1 saturated heterocycles. The first-order chi connectivity index (χ1) is 12.8. The third-order valence-electron chi connectivity index (χ3n) is 6.13. The van der Waals surface area contributed by atoms with Crippen molar-refractivity contribution >= 4 is 22.3 Å². The second-order valence-corrected chi connectivity index (χ2v) is 7.72. The number of fused-ring (bicyclic) bond motifs is 4. The van der Waals surface area contributed by atoms with Crippen molar-refractivity contribution in [3.8, 4) is 0 Å². The summed E-state index contributed by atoms with van der Waals surface area (Å²) in [5.41, 5.74) is 3.66. The highest BCUT2D eigenvalue weighted by atomic mass is 16.1. The van der Waals surface area contributed by atoms with E-state index in [4.69, 9.17) is 4.99 Å². The van der Waals surface area contributed by atoms with Crippen LogP contribution >= 0.6 is 0 Å². The molecule has 6 rings (SSSR count). The molecule has 2 atom stereocenters. The molecule has 0 spiro atoms. The topological polar surface area (TPSA) is 37.6 Å². The first kappa shape index (κ1) is 14.3. The van der Waals surface area contributed by atoms with E-state index in [2.05, 4.69) is 47.4 Å². The van der Waals surface area contributed by atoms with Crippen LogP contribution in [-0.4, -0.2) is 28.4 Å². The van der Waals surface area contributed by atoms with E-state index < -0.39 is 0 Å².